The van der Waals surface area contributed by atoms with Crippen LogP contribution in [0, 0.1) is 11.8 Å². The summed E-state index contributed by atoms with van der Waals surface area (Å²) >= 11 is 5.87. The number of hydrogen-bond donors (Lipinski definition) is 1. The number of fused-ring (bicyclic) bond motifs is 1. The zero-order valence-corrected chi connectivity index (χ0v) is 18.8. The fourth-order valence-corrected chi connectivity index (χ4v) is 5.61. The molecule has 0 unspecified atom stereocenters. The van der Waals surface area contributed by atoms with Gasteiger partial charge in [-0.3, -0.25) is 14.3 Å². The molecule has 1 fully saturated rings. The number of rotatable bonds is 4. The Hall–Kier alpha value is -2.64. The molecule has 0 saturated carbocycles. The summed E-state index contributed by atoms with van der Waals surface area (Å²) in [5.74, 6) is -0.227. The summed E-state index contributed by atoms with van der Waals surface area (Å²) in [6.07, 6.45) is 1.01. The van der Waals surface area contributed by atoms with Crippen molar-refractivity contribution >= 4 is 33.2 Å². The van der Waals surface area contributed by atoms with Crippen molar-refractivity contribution in [3.05, 3.63) is 76.1 Å². The Morgan fingerprint density at radius 3 is 2.03 bits per heavy atom. The predicted molar refractivity (Wildman–Crippen MR) is 118 cm³/mol. The summed E-state index contributed by atoms with van der Waals surface area (Å²) in [5, 5.41) is 0.396. The number of ketones is 2. The first-order chi connectivity index (χ1) is 14.7. The Balaban J connectivity index is 1.84. The first-order valence-corrected chi connectivity index (χ1v) is 12.0. The van der Waals surface area contributed by atoms with E-state index in [1.807, 2.05) is 4.90 Å². The quantitative estimate of drug-likeness (QED) is 0.751. The van der Waals surface area contributed by atoms with Gasteiger partial charge in [0.2, 0.25) is 11.6 Å². The van der Waals surface area contributed by atoms with Gasteiger partial charge in [0.15, 0.2) is 0 Å². The molecule has 1 aliphatic carbocycles. The smallest absolute Gasteiger partial charge is 0.262 e. The van der Waals surface area contributed by atoms with E-state index in [0.29, 0.717) is 35.5 Å². The molecule has 2 aromatic rings. The lowest BCUT2D eigenvalue weighted by molar-refractivity contribution is 0.0900. The van der Waals surface area contributed by atoms with E-state index in [9.17, 15) is 18.0 Å². The third-order valence-corrected chi connectivity index (χ3v) is 7.26. The monoisotopic (exact) mass is 458 g/mol. The molecule has 1 aliphatic heterocycles. The lowest BCUT2D eigenvalue weighted by Crippen LogP contribution is -2.45. The van der Waals surface area contributed by atoms with Crippen LogP contribution in [0.5, 0.6) is 0 Å². The largest absolute Gasteiger partial charge is 0.366 e. The minimum atomic E-state index is -4.10. The molecule has 31 heavy (non-hydrogen) atoms. The van der Waals surface area contributed by atoms with Gasteiger partial charge in [0.25, 0.3) is 10.0 Å². The van der Waals surface area contributed by atoms with Crippen molar-refractivity contribution in [1.82, 2.24) is 9.62 Å². The second kappa shape index (κ2) is 8.13. The average molecular weight is 459 g/mol. The highest BCUT2D eigenvalue weighted by Crippen LogP contribution is 2.32. The molecule has 0 radical (unpaired) electrons. The van der Waals surface area contributed by atoms with E-state index >= 15 is 0 Å². The topological polar surface area (TPSA) is 83.6 Å². The van der Waals surface area contributed by atoms with Gasteiger partial charge in [-0.25, -0.2) is 8.42 Å². The van der Waals surface area contributed by atoms with Gasteiger partial charge in [0.1, 0.15) is 11.4 Å². The minimum Gasteiger partial charge on any atom is -0.366 e. The lowest BCUT2D eigenvalue weighted by Gasteiger charge is -2.39. The summed E-state index contributed by atoms with van der Waals surface area (Å²) in [6.45, 7) is 5.33. The normalized spacial score (nSPS) is 21.8. The second-order valence-corrected chi connectivity index (χ2v) is 10.5. The van der Waals surface area contributed by atoms with Crippen LogP contribution in [0.3, 0.4) is 0 Å². The number of Topliss-reactive ketones (excluding diaryl/α,β-unsaturated/α-hetero) is 2. The number of carbonyl (C=O) groups is 2. The fourth-order valence-electron chi connectivity index (χ4n) is 4.41. The first-order valence-electron chi connectivity index (χ1n) is 10.1. The Bertz CT molecular complexity index is 1180. The van der Waals surface area contributed by atoms with Crippen molar-refractivity contribution in [3.63, 3.8) is 0 Å². The molecule has 0 bridgehead atoms. The summed E-state index contributed by atoms with van der Waals surface area (Å²) in [6, 6.07) is 12.2. The van der Waals surface area contributed by atoms with Crippen molar-refractivity contribution in [2.75, 3.05) is 13.1 Å². The number of piperidine rings is 1. The molecule has 0 aromatic heterocycles. The number of likely N-dealkylation sites (tertiary alicyclic amines) is 1. The summed E-state index contributed by atoms with van der Waals surface area (Å²) < 4.78 is 28.6. The molecule has 8 heteroatoms. The Morgan fingerprint density at radius 2 is 1.45 bits per heavy atom. The van der Waals surface area contributed by atoms with Crippen LogP contribution in [-0.4, -0.2) is 38.0 Å². The Morgan fingerprint density at radius 1 is 0.903 bits per heavy atom. The van der Waals surface area contributed by atoms with Crippen molar-refractivity contribution in [2.24, 2.45) is 11.8 Å². The number of allylic oxidation sites excluding steroid dienone is 2. The summed E-state index contributed by atoms with van der Waals surface area (Å²) in [7, 11) is -4.10. The van der Waals surface area contributed by atoms with Crippen LogP contribution in [0.4, 0.5) is 0 Å². The van der Waals surface area contributed by atoms with Gasteiger partial charge in [-0.2, -0.15) is 0 Å². The van der Waals surface area contributed by atoms with Crippen molar-refractivity contribution in [2.45, 2.75) is 25.2 Å². The Labute approximate surface area is 186 Å². The number of halogens is 1. The minimum absolute atomic E-state index is 0.0387. The van der Waals surface area contributed by atoms with Gasteiger partial charge in [-0.15, -0.1) is 0 Å². The highest BCUT2D eigenvalue weighted by atomic mass is 35.5. The molecule has 1 heterocycles. The van der Waals surface area contributed by atoms with Crippen molar-refractivity contribution in [3.8, 4) is 0 Å². The zero-order valence-electron chi connectivity index (χ0n) is 17.3. The van der Waals surface area contributed by atoms with Gasteiger partial charge < -0.3 is 4.90 Å². The molecule has 4 rings (SSSR count). The number of hydrogen-bond acceptors (Lipinski definition) is 5. The summed E-state index contributed by atoms with van der Waals surface area (Å²) in [5.41, 5.74) is 0.422. The van der Waals surface area contributed by atoms with Gasteiger partial charge >= 0.3 is 0 Å². The van der Waals surface area contributed by atoms with Crippen LogP contribution in [0.1, 0.15) is 41.0 Å². The zero-order chi connectivity index (χ0) is 22.3. The van der Waals surface area contributed by atoms with Gasteiger partial charge in [0, 0.05) is 29.2 Å². The van der Waals surface area contributed by atoms with Crippen LogP contribution in [0.25, 0.3) is 0 Å². The number of carbonyl (C=O) groups excluding carboxylic acids is 2. The lowest BCUT2D eigenvalue weighted by atomic mass is 9.86. The van der Waals surface area contributed by atoms with Gasteiger partial charge in [0.05, 0.1) is 4.90 Å². The van der Waals surface area contributed by atoms with E-state index in [-0.39, 0.29) is 27.6 Å². The molecule has 0 spiro atoms. The van der Waals surface area contributed by atoms with Gasteiger partial charge in [-0.05, 0) is 42.5 Å². The molecular formula is C23H23ClN2O4S. The maximum Gasteiger partial charge on any atom is 0.262 e. The van der Waals surface area contributed by atoms with Crippen LogP contribution in [0.15, 0.2) is 64.8 Å². The molecular weight excluding hydrogens is 436 g/mol. The van der Waals surface area contributed by atoms with E-state index in [1.54, 1.807) is 24.3 Å². The molecule has 1 N–H and O–H groups in total. The Kier molecular flexibility index (Phi) is 5.66. The van der Waals surface area contributed by atoms with Crippen LogP contribution < -0.4 is 4.72 Å². The summed E-state index contributed by atoms with van der Waals surface area (Å²) in [4.78, 5) is 28.6. The van der Waals surface area contributed by atoms with Crippen LogP contribution in [-0.2, 0) is 10.0 Å². The number of benzene rings is 2. The molecule has 2 atom stereocenters. The van der Waals surface area contributed by atoms with E-state index in [2.05, 4.69) is 18.6 Å². The first kappa shape index (κ1) is 21.6. The predicted octanol–water partition coefficient (Wildman–Crippen LogP) is 3.89. The third kappa shape index (κ3) is 4.12. The maximum absolute atomic E-state index is 13.4. The average Bonchev–Trinajstić information content (AvgIpc) is 2.71. The molecule has 1 saturated heterocycles. The SMILES string of the molecule is C[C@@H]1C[C@H](C)CN(C2=C(NS(=O)(=O)c3ccc(Cl)cc3)C(=O)c3ccccc3C2=O)C1. The highest BCUT2D eigenvalue weighted by molar-refractivity contribution is 7.89. The van der Waals surface area contributed by atoms with Crippen molar-refractivity contribution < 1.29 is 18.0 Å². The maximum atomic E-state index is 13.4. The molecule has 0 amide bonds. The molecule has 2 aliphatic rings. The number of nitrogens with zero attached hydrogens (tertiary/aromatic N) is 1. The van der Waals surface area contributed by atoms with Crippen molar-refractivity contribution in [1.29, 1.82) is 0 Å². The van der Waals surface area contributed by atoms with Gasteiger partial charge in [-0.1, -0.05) is 49.7 Å². The number of sulfonamides is 1. The standard InChI is InChI=1S/C23H23ClN2O4S/c1-14-11-15(2)13-26(12-14)21-20(22(27)18-5-3-4-6-19(18)23(21)28)25-31(29,30)17-9-7-16(24)8-10-17/h3-10,14-15,25H,11-13H2,1-2H3/t14-,15+. The van der Waals surface area contributed by atoms with E-state index in [0.717, 1.165) is 6.42 Å². The molecule has 162 valence electrons. The molecule has 6 nitrogen and oxygen atoms in total. The highest BCUT2D eigenvalue weighted by Gasteiger charge is 2.39. The van der Waals surface area contributed by atoms with E-state index in [1.165, 1.54) is 24.3 Å². The third-order valence-electron chi connectivity index (χ3n) is 5.64. The number of nitrogens with one attached hydrogen (secondary N) is 1. The molecule has 2 aromatic carbocycles. The fraction of sp³-hybridized carbons (Fsp3) is 0.304. The van der Waals surface area contributed by atoms with E-state index < -0.39 is 15.8 Å². The second-order valence-electron chi connectivity index (χ2n) is 8.34. The van der Waals surface area contributed by atoms with Crippen LogP contribution in [0.2, 0.25) is 5.02 Å². The van der Waals surface area contributed by atoms with Crippen LogP contribution >= 0.6 is 11.6 Å². The van der Waals surface area contributed by atoms with E-state index in [4.69, 9.17) is 11.6 Å².